The summed E-state index contributed by atoms with van der Waals surface area (Å²) >= 11 is 0. The van der Waals surface area contributed by atoms with Gasteiger partial charge in [0.2, 0.25) is 10.0 Å². The van der Waals surface area contributed by atoms with Gasteiger partial charge in [0, 0.05) is 30.0 Å². The highest BCUT2D eigenvalue weighted by atomic mass is 32.2. The molecule has 0 atom stereocenters. The van der Waals surface area contributed by atoms with Crippen molar-refractivity contribution in [3.05, 3.63) is 119 Å². The summed E-state index contributed by atoms with van der Waals surface area (Å²) in [5.74, 6) is -1.95. The summed E-state index contributed by atoms with van der Waals surface area (Å²) < 4.78 is 23.6. The second kappa shape index (κ2) is 13.7. The summed E-state index contributed by atoms with van der Waals surface area (Å²) in [5, 5.41) is 20.0. The number of rotatable bonds is 10. The van der Waals surface area contributed by atoms with Gasteiger partial charge in [-0.3, -0.25) is 9.59 Å². The third-order valence-corrected chi connectivity index (χ3v) is 8.67. The largest absolute Gasteiger partial charge is 0.478 e. The molecule has 2 amide bonds. The second-order valence-electron chi connectivity index (χ2n) is 11.0. The molecule has 1 heterocycles. The smallest absolute Gasteiger partial charge is 0.335 e. The number of carboxylic acids is 1. The molecule has 0 spiro atoms. The molecule has 1 fully saturated rings. The van der Waals surface area contributed by atoms with Crippen LogP contribution >= 0.6 is 0 Å². The van der Waals surface area contributed by atoms with Gasteiger partial charge in [0.15, 0.2) is 0 Å². The Balaban J connectivity index is 1.32. The number of nitrogens with two attached hydrogens (primary N) is 1. The van der Waals surface area contributed by atoms with Crippen molar-refractivity contribution >= 4 is 44.9 Å². The van der Waals surface area contributed by atoms with E-state index < -0.39 is 27.8 Å². The molecule has 0 bridgehead atoms. The Morgan fingerprint density at radius 3 is 2.00 bits per heavy atom. The van der Waals surface area contributed by atoms with E-state index in [1.807, 2.05) is 42.5 Å². The highest BCUT2D eigenvalue weighted by molar-refractivity contribution is 7.89. The van der Waals surface area contributed by atoms with Gasteiger partial charge in [-0.05, 0) is 104 Å². The lowest BCUT2D eigenvalue weighted by molar-refractivity contribution is 0.0696. The topological polar surface area (TPSA) is 159 Å². The minimum Gasteiger partial charge on any atom is -0.478 e. The number of nitrogens with zero attached hydrogens (tertiary/aromatic N) is 1. The Hall–Kier alpha value is -5.00. The van der Waals surface area contributed by atoms with Crippen LogP contribution in [-0.2, 0) is 22.9 Å². The van der Waals surface area contributed by atoms with Crippen molar-refractivity contribution in [3.8, 4) is 0 Å². The van der Waals surface area contributed by atoms with Gasteiger partial charge in [0.1, 0.15) is 0 Å². The van der Waals surface area contributed by atoms with Crippen LogP contribution in [0.15, 0.2) is 95.9 Å². The predicted octanol–water partition coefficient (Wildman–Crippen LogP) is 5.31. The van der Waals surface area contributed by atoms with Crippen molar-refractivity contribution in [1.29, 1.82) is 0 Å². The molecule has 4 aromatic rings. The van der Waals surface area contributed by atoms with Crippen LogP contribution in [0.25, 0.3) is 0 Å². The highest BCUT2D eigenvalue weighted by Gasteiger charge is 2.20. The monoisotopic (exact) mass is 626 g/mol. The number of piperidine rings is 1. The molecule has 0 aromatic heterocycles. The van der Waals surface area contributed by atoms with Crippen molar-refractivity contribution in [2.24, 2.45) is 5.14 Å². The maximum atomic E-state index is 13.6. The average molecular weight is 627 g/mol. The van der Waals surface area contributed by atoms with Crippen molar-refractivity contribution < 1.29 is 27.9 Å². The molecule has 11 heteroatoms. The number of hydrogen-bond acceptors (Lipinski definition) is 6. The fourth-order valence-corrected chi connectivity index (χ4v) is 5.80. The van der Waals surface area contributed by atoms with Crippen molar-refractivity contribution in [2.75, 3.05) is 28.6 Å². The second-order valence-corrected chi connectivity index (χ2v) is 12.5. The lowest BCUT2D eigenvalue weighted by atomic mass is 10.0. The number of carbonyl (C=O) groups excluding carboxylic acids is 2. The fraction of sp³-hybridized carbons (Fsp3) is 0.206. The summed E-state index contributed by atoms with van der Waals surface area (Å²) in [5.41, 5.74) is 4.42. The molecular formula is C34H34N4O6S. The predicted molar refractivity (Wildman–Crippen MR) is 173 cm³/mol. The number of hydrogen-bond donors (Lipinski definition) is 4. The summed E-state index contributed by atoms with van der Waals surface area (Å²) in [6.07, 6.45) is 4.74. The first-order chi connectivity index (χ1) is 21.6. The molecule has 10 nitrogen and oxygen atoms in total. The zero-order chi connectivity index (χ0) is 32.0. The molecule has 0 unspecified atom stereocenters. The number of amides is 2. The van der Waals surface area contributed by atoms with Crippen molar-refractivity contribution in [1.82, 2.24) is 0 Å². The number of carboxylic acid groups (broad SMARTS) is 1. The van der Waals surface area contributed by atoms with Gasteiger partial charge in [-0.25, -0.2) is 18.4 Å². The molecule has 1 aliphatic heterocycles. The summed E-state index contributed by atoms with van der Waals surface area (Å²) in [6, 6.07) is 25.0. The van der Waals surface area contributed by atoms with Crippen LogP contribution in [-0.4, -0.2) is 44.4 Å². The molecule has 1 saturated heterocycles. The Morgan fingerprint density at radius 1 is 0.733 bits per heavy atom. The number of aryl methyl sites for hydroxylation is 2. The number of aromatic carboxylic acids is 1. The van der Waals surface area contributed by atoms with E-state index in [1.165, 1.54) is 24.3 Å². The normalized spacial score (nSPS) is 13.2. The molecule has 5 rings (SSSR count). The van der Waals surface area contributed by atoms with Crippen LogP contribution in [0.5, 0.6) is 0 Å². The van der Waals surface area contributed by atoms with Crippen LogP contribution in [0.1, 0.15) is 61.5 Å². The summed E-state index contributed by atoms with van der Waals surface area (Å²) in [6.45, 7) is 1.75. The Morgan fingerprint density at radius 2 is 1.38 bits per heavy atom. The van der Waals surface area contributed by atoms with E-state index >= 15 is 0 Å². The molecule has 4 aromatic carbocycles. The van der Waals surface area contributed by atoms with Crippen LogP contribution < -0.4 is 20.7 Å². The molecule has 5 N–H and O–H groups in total. The molecule has 1 aliphatic rings. The SMILES string of the molecule is NS(=O)(=O)c1cccc(C(=O)Nc2ccc(N3CCCCC3)cc2C(=O)Nc2ccc(CCc3ccc(C(=O)O)cc3)cc2)c1. The van der Waals surface area contributed by atoms with Gasteiger partial charge in [0.05, 0.1) is 21.7 Å². The van der Waals surface area contributed by atoms with Crippen molar-refractivity contribution in [3.63, 3.8) is 0 Å². The Kier molecular flexibility index (Phi) is 9.60. The van der Waals surface area contributed by atoms with Gasteiger partial charge in [-0.1, -0.05) is 30.3 Å². The van der Waals surface area contributed by atoms with E-state index in [4.69, 9.17) is 10.2 Å². The number of benzene rings is 4. The summed E-state index contributed by atoms with van der Waals surface area (Å²) in [7, 11) is -4.00. The molecule has 0 saturated carbocycles. The minimum absolute atomic E-state index is 0.0846. The third kappa shape index (κ3) is 8.14. The van der Waals surface area contributed by atoms with Gasteiger partial charge in [-0.2, -0.15) is 0 Å². The lowest BCUT2D eigenvalue weighted by Crippen LogP contribution is -2.29. The summed E-state index contributed by atoms with van der Waals surface area (Å²) in [4.78, 5) is 39.9. The fourth-order valence-electron chi connectivity index (χ4n) is 5.24. The first kappa shape index (κ1) is 31.4. The van der Waals surface area contributed by atoms with E-state index in [-0.39, 0.29) is 27.3 Å². The maximum Gasteiger partial charge on any atom is 0.335 e. The lowest BCUT2D eigenvalue weighted by Gasteiger charge is -2.29. The Labute approximate surface area is 261 Å². The number of carbonyl (C=O) groups is 3. The minimum atomic E-state index is -4.00. The molecule has 0 radical (unpaired) electrons. The van der Waals surface area contributed by atoms with Gasteiger partial charge >= 0.3 is 5.97 Å². The van der Waals surface area contributed by atoms with Crippen LogP contribution in [0.3, 0.4) is 0 Å². The van der Waals surface area contributed by atoms with E-state index in [2.05, 4.69) is 15.5 Å². The zero-order valence-corrected chi connectivity index (χ0v) is 25.3. The molecule has 232 valence electrons. The number of sulfonamides is 1. The third-order valence-electron chi connectivity index (χ3n) is 7.76. The van der Waals surface area contributed by atoms with Crippen LogP contribution in [0.4, 0.5) is 17.1 Å². The number of primary sulfonamides is 1. The van der Waals surface area contributed by atoms with E-state index in [0.717, 1.165) is 62.0 Å². The highest BCUT2D eigenvalue weighted by Crippen LogP contribution is 2.28. The molecule has 45 heavy (non-hydrogen) atoms. The van der Waals surface area contributed by atoms with Gasteiger partial charge in [0.25, 0.3) is 11.8 Å². The first-order valence-corrected chi connectivity index (χ1v) is 16.2. The average Bonchev–Trinajstić information content (AvgIpc) is 3.05. The number of nitrogens with one attached hydrogen (secondary N) is 2. The maximum absolute atomic E-state index is 13.6. The zero-order valence-electron chi connectivity index (χ0n) is 24.5. The molecule has 0 aliphatic carbocycles. The van der Waals surface area contributed by atoms with Crippen LogP contribution in [0.2, 0.25) is 0 Å². The van der Waals surface area contributed by atoms with Crippen molar-refractivity contribution in [2.45, 2.75) is 37.0 Å². The standard InChI is InChI=1S/C34H34N4O6S/c35-45(43,44)29-6-4-5-26(21-29)32(39)37-31-18-17-28(38-19-2-1-3-20-38)22-30(31)33(40)36-27-15-11-24(12-16-27)8-7-23-9-13-25(14-10-23)34(41)42/h4-6,9-18,21-22H,1-3,7-8,19-20H2,(H,36,40)(H,37,39)(H,41,42)(H2,35,43,44). The van der Waals surface area contributed by atoms with Gasteiger partial charge < -0.3 is 20.6 Å². The van der Waals surface area contributed by atoms with E-state index in [9.17, 15) is 22.8 Å². The van der Waals surface area contributed by atoms with Gasteiger partial charge in [-0.15, -0.1) is 0 Å². The Bertz CT molecular complexity index is 1820. The number of anilines is 3. The van der Waals surface area contributed by atoms with E-state index in [0.29, 0.717) is 5.69 Å². The first-order valence-electron chi connectivity index (χ1n) is 14.6. The van der Waals surface area contributed by atoms with Crippen LogP contribution in [0, 0.1) is 0 Å². The van der Waals surface area contributed by atoms with E-state index in [1.54, 1.807) is 24.3 Å². The quantitative estimate of drug-likeness (QED) is 0.186. The molecular weight excluding hydrogens is 592 g/mol.